The number of para-hydroxylation sites is 1. The summed E-state index contributed by atoms with van der Waals surface area (Å²) in [6.07, 6.45) is 1.07. The van der Waals surface area contributed by atoms with Crippen LogP contribution >= 0.6 is 11.6 Å². The second-order valence-electron chi connectivity index (χ2n) is 6.08. The molecule has 0 aliphatic carbocycles. The van der Waals surface area contributed by atoms with Gasteiger partial charge in [-0.3, -0.25) is 9.59 Å². The third-order valence-electron chi connectivity index (χ3n) is 3.98. The summed E-state index contributed by atoms with van der Waals surface area (Å²) in [6, 6.07) is 7.21. The van der Waals surface area contributed by atoms with Crippen molar-refractivity contribution >= 4 is 29.1 Å². The van der Waals surface area contributed by atoms with Crippen molar-refractivity contribution in [2.75, 3.05) is 11.4 Å². The Balaban J connectivity index is 2.10. The Kier molecular flexibility index (Phi) is 4.57. The summed E-state index contributed by atoms with van der Waals surface area (Å²) in [7, 11) is 0. The second-order valence-corrected chi connectivity index (χ2v) is 6.49. The highest BCUT2D eigenvalue weighted by atomic mass is 35.5. The third-order valence-corrected chi connectivity index (χ3v) is 4.30. The Hall–Kier alpha value is -1.55. The molecule has 0 bridgehead atoms. The fourth-order valence-corrected chi connectivity index (χ4v) is 2.55. The van der Waals surface area contributed by atoms with Crippen molar-refractivity contribution in [3.05, 3.63) is 29.3 Å². The van der Waals surface area contributed by atoms with Crippen molar-refractivity contribution < 1.29 is 9.59 Å². The first-order valence-electron chi connectivity index (χ1n) is 7.21. The van der Waals surface area contributed by atoms with E-state index in [4.69, 9.17) is 11.6 Å². The molecule has 1 unspecified atom stereocenters. The predicted octanol–water partition coefficient (Wildman–Crippen LogP) is 3.00. The topological polar surface area (TPSA) is 49.4 Å². The van der Waals surface area contributed by atoms with Crippen LogP contribution in [0.15, 0.2) is 24.3 Å². The van der Waals surface area contributed by atoms with E-state index in [1.807, 2.05) is 32.9 Å². The second kappa shape index (κ2) is 6.06. The first-order chi connectivity index (χ1) is 9.84. The Labute approximate surface area is 130 Å². The number of hydrogen-bond acceptors (Lipinski definition) is 2. The molecule has 1 aromatic carbocycles. The molecule has 2 amide bonds. The Morgan fingerprint density at radius 3 is 2.71 bits per heavy atom. The lowest BCUT2D eigenvalue weighted by Gasteiger charge is -2.26. The van der Waals surface area contributed by atoms with Crippen LogP contribution in [-0.4, -0.2) is 23.9 Å². The van der Waals surface area contributed by atoms with E-state index in [0.717, 1.165) is 6.42 Å². The van der Waals surface area contributed by atoms with Crippen LogP contribution in [0.3, 0.4) is 0 Å². The van der Waals surface area contributed by atoms with Crippen molar-refractivity contribution in [3.8, 4) is 0 Å². The molecule has 1 aliphatic heterocycles. The van der Waals surface area contributed by atoms with E-state index < -0.39 is 0 Å². The number of rotatable bonds is 4. The van der Waals surface area contributed by atoms with Crippen LogP contribution in [-0.2, 0) is 9.59 Å². The zero-order chi connectivity index (χ0) is 15.6. The summed E-state index contributed by atoms with van der Waals surface area (Å²) >= 11 is 6.13. The van der Waals surface area contributed by atoms with Gasteiger partial charge in [0.2, 0.25) is 11.8 Å². The van der Waals surface area contributed by atoms with Gasteiger partial charge in [-0.2, -0.15) is 0 Å². The van der Waals surface area contributed by atoms with Crippen LogP contribution < -0.4 is 10.2 Å². The molecule has 21 heavy (non-hydrogen) atoms. The van der Waals surface area contributed by atoms with Gasteiger partial charge in [-0.15, -0.1) is 0 Å². The van der Waals surface area contributed by atoms with Gasteiger partial charge in [0, 0.05) is 18.5 Å². The van der Waals surface area contributed by atoms with Gasteiger partial charge in [0.1, 0.15) is 0 Å². The molecular formula is C16H21ClN2O2. The molecule has 1 aromatic rings. The highest BCUT2D eigenvalue weighted by Gasteiger charge is 2.37. The van der Waals surface area contributed by atoms with E-state index in [2.05, 4.69) is 5.32 Å². The van der Waals surface area contributed by atoms with Gasteiger partial charge < -0.3 is 10.2 Å². The van der Waals surface area contributed by atoms with Gasteiger partial charge in [-0.1, -0.05) is 30.7 Å². The molecule has 4 nitrogen and oxygen atoms in total. The quantitative estimate of drug-likeness (QED) is 0.929. The molecule has 1 heterocycles. The number of benzene rings is 1. The minimum Gasteiger partial charge on any atom is -0.351 e. The molecule has 114 valence electrons. The molecule has 0 spiro atoms. The largest absolute Gasteiger partial charge is 0.351 e. The first-order valence-corrected chi connectivity index (χ1v) is 7.59. The fraction of sp³-hybridized carbons (Fsp3) is 0.500. The van der Waals surface area contributed by atoms with E-state index in [0.29, 0.717) is 17.3 Å². The lowest BCUT2D eigenvalue weighted by atomic mass is 9.99. The number of anilines is 1. The maximum Gasteiger partial charge on any atom is 0.227 e. The number of halogens is 1. The predicted molar refractivity (Wildman–Crippen MR) is 84.4 cm³/mol. The molecule has 0 saturated carbocycles. The summed E-state index contributed by atoms with van der Waals surface area (Å²) in [5, 5.41) is 3.53. The highest BCUT2D eigenvalue weighted by Crippen LogP contribution is 2.31. The van der Waals surface area contributed by atoms with Gasteiger partial charge in [-0.25, -0.2) is 0 Å². The van der Waals surface area contributed by atoms with Crippen LogP contribution in [0.4, 0.5) is 5.69 Å². The minimum absolute atomic E-state index is 0.0578. The highest BCUT2D eigenvalue weighted by molar-refractivity contribution is 6.33. The number of amides is 2. The van der Waals surface area contributed by atoms with Gasteiger partial charge >= 0.3 is 0 Å². The Morgan fingerprint density at radius 1 is 1.43 bits per heavy atom. The molecule has 0 aromatic heterocycles. The van der Waals surface area contributed by atoms with E-state index in [9.17, 15) is 9.59 Å². The van der Waals surface area contributed by atoms with Gasteiger partial charge in [0.25, 0.3) is 0 Å². The van der Waals surface area contributed by atoms with Crippen LogP contribution in [0, 0.1) is 5.92 Å². The average molecular weight is 309 g/mol. The molecule has 1 fully saturated rings. The zero-order valence-electron chi connectivity index (χ0n) is 12.6. The number of carbonyl (C=O) groups is 2. The summed E-state index contributed by atoms with van der Waals surface area (Å²) in [6.45, 7) is 6.37. The molecule has 2 rings (SSSR count). The van der Waals surface area contributed by atoms with Gasteiger partial charge in [0.05, 0.1) is 16.6 Å². The van der Waals surface area contributed by atoms with Crippen LogP contribution in [0.25, 0.3) is 0 Å². The zero-order valence-corrected chi connectivity index (χ0v) is 13.4. The SMILES string of the molecule is CCC(C)(C)NC(=O)C1CC(=O)N(c2ccccc2Cl)C1. The third kappa shape index (κ3) is 3.56. The van der Waals surface area contributed by atoms with Crippen LogP contribution in [0.5, 0.6) is 0 Å². The van der Waals surface area contributed by atoms with Crippen molar-refractivity contribution in [3.63, 3.8) is 0 Å². The van der Waals surface area contributed by atoms with E-state index in [-0.39, 0.29) is 29.7 Å². The van der Waals surface area contributed by atoms with Gasteiger partial charge in [0.15, 0.2) is 0 Å². The fourth-order valence-electron chi connectivity index (χ4n) is 2.31. The summed E-state index contributed by atoms with van der Waals surface area (Å²) in [4.78, 5) is 26.1. The minimum atomic E-state index is -0.320. The summed E-state index contributed by atoms with van der Waals surface area (Å²) in [5.74, 6) is -0.443. The Morgan fingerprint density at radius 2 is 2.10 bits per heavy atom. The van der Waals surface area contributed by atoms with E-state index in [1.165, 1.54) is 0 Å². The molecule has 5 heteroatoms. The molecular weight excluding hydrogens is 288 g/mol. The number of nitrogens with zero attached hydrogens (tertiary/aromatic N) is 1. The number of nitrogens with one attached hydrogen (secondary N) is 1. The first kappa shape index (κ1) is 15.8. The monoisotopic (exact) mass is 308 g/mol. The van der Waals surface area contributed by atoms with Crippen LogP contribution in [0.2, 0.25) is 5.02 Å². The normalized spacial score (nSPS) is 19.0. The standard InChI is InChI=1S/C16H21ClN2O2/c1-4-16(2,3)18-15(21)11-9-14(20)19(10-11)13-8-6-5-7-12(13)17/h5-8,11H,4,9-10H2,1-3H3,(H,18,21). The van der Waals surface area contributed by atoms with Crippen molar-refractivity contribution in [2.45, 2.75) is 39.2 Å². The molecule has 1 aliphatic rings. The summed E-state index contributed by atoms with van der Waals surface area (Å²) < 4.78 is 0. The van der Waals surface area contributed by atoms with Crippen molar-refractivity contribution in [1.82, 2.24) is 5.32 Å². The lowest BCUT2D eigenvalue weighted by molar-refractivity contribution is -0.127. The van der Waals surface area contributed by atoms with E-state index >= 15 is 0 Å². The van der Waals surface area contributed by atoms with Crippen molar-refractivity contribution in [1.29, 1.82) is 0 Å². The lowest BCUT2D eigenvalue weighted by Crippen LogP contribution is -2.46. The smallest absolute Gasteiger partial charge is 0.227 e. The maximum atomic E-state index is 12.3. The average Bonchev–Trinajstić information content (AvgIpc) is 2.81. The van der Waals surface area contributed by atoms with Crippen molar-refractivity contribution in [2.24, 2.45) is 5.92 Å². The summed E-state index contributed by atoms with van der Waals surface area (Å²) in [5.41, 5.74) is 0.423. The Bertz CT molecular complexity index is 557. The van der Waals surface area contributed by atoms with Gasteiger partial charge in [-0.05, 0) is 32.4 Å². The molecule has 1 saturated heterocycles. The number of carbonyl (C=O) groups excluding carboxylic acids is 2. The molecule has 0 radical (unpaired) electrons. The van der Waals surface area contributed by atoms with E-state index in [1.54, 1.807) is 17.0 Å². The maximum absolute atomic E-state index is 12.3. The molecule has 1 N–H and O–H groups in total. The molecule has 1 atom stereocenters. The van der Waals surface area contributed by atoms with Crippen LogP contribution in [0.1, 0.15) is 33.6 Å². The number of hydrogen-bond donors (Lipinski definition) is 1.